The number of hydrogen-bond acceptors (Lipinski definition) is 2. The van der Waals surface area contributed by atoms with Crippen LogP contribution in [0.2, 0.25) is 15.1 Å². The first-order valence-electron chi connectivity index (χ1n) is 8.17. The Balaban J connectivity index is 1.75. The van der Waals surface area contributed by atoms with E-state index >= 15 is 0 Å². The van der Waals surface area contributed by atoms with Gasteiger partial charge in [0.15, 0.2) is 0 Å². The van der Waals surface area contributed by atoms with Crippen LogP contribution in [0.1, 0.15) is 16.7 Å². The molecular formula is C21H18Cl3NO. The van der Waals surface area contributed by atoms with Gasteiger partial charge in [0.1, 0.15) is 12.4 Å². The quantitative estimate of drug-likeness (QED) is 0.469. The van der Waals surface area contributed by atoms with Crippen LogP contribution in [-0.4, -0.2) is 0 Å². The van der Waals surface area contributed by atoms with Gasteiger partial charge in [-0.15, -0.1) is 0 Å². The van der Waals surface area contributed by atoms with Gasteiger partial charge in [-0.25, -0.2) is 0 Å². The van der Waals surface area contributed by atoms with E-state index in [9.17, 15) is 0 Å². The van der Waals surface area contributed by atoms with E-state index in [1.807, 2.05) is 42.5 Å². The van der Waals surface area contributed by atoms with E-state index in [1.54, 1.807) is 6.07 Å². The lowest BCUT2D eigenvalue weighted by Crippen LogP contribution is -2.04. The molecule has 0 fully saturated rings. The molecule has 0 aliphatic rings. The number of benzene rings is 3. The SMILES string of the molecule is Cc1ccc(NCc2cc(Cl)cc(Cl)c2OCc2ccc(Cl)cc2)cc1. The lowest BCUT2D eigenvalue weighted by atomic mass is 10.1. The van der Waals surface area contributed by atoms with Gasteiger partial charge in [0.25, 0.3) is 0 Å². The Morgan fingerprint density at radius 1 is 0.846 bits per heavy atom. The van der Waals surface area contributed by atoms with Gasteiger partial charge >= 0.3 is 0 Å². The second kappa shape index (κ2) is 8.68. The van der Waals surface area contributed by atoms with E-state index in [1.165, 1.54) is 5.56 Å². The third-order valence-corrected chi connectivity index (χ3v) is 4.67. The molecule has 134 valence electrons. The van der Waals surface area contributed by atoms with Crippen LogP contribution in [0.3, 0.4) is 0 Å². The van der Waals surface area contributed by atoms with E-state index in [0.29, 0.717) is 34.0 Å². The van der Waals surface area contributed by atoms with Crippen LogP contribution in [0.15, 0.2) is 60.7 Å². The monoisotopic (exact) mass is 405 g/mol. The molecule has 26 heavy (non-hydrogen) atoms. The van der Waals surface area contributed by atoms with Crippen LogP contribution in [0.25, 0.3) is 0 Å². The molecule has 2 nitrogen and oxygen atoms in total. The van der Waals surface area contributed by atoms with Crippen LogP contribution in [0.5, 0.6) is 5.75 Å². The summed E-state index contributed by atoms with van der Waals surface area (Å²) in [6, 6.07) is 19.3. The topological polar surface area (TPSA) is 21.3 Å². The molecule has 0 radical (unpaired) electrons. The molecule has 0 aliphatic carbocycles. The lowest BCUT2D eigenvalue weighted by Gasteiger charge is -2.15. The summed E-state index contributed by atoms with van der Waals surface area (Å²) in [5.74, 6) is 0.630. The van der Waals surface area contributed by atoms with E-state index in [-0.39, 0.29) is 0 Å². The van der Waals surface area contributed by atoms with Crippen molar-refractivity contribution in [1.29, 1.82) is 0 Å². The first-order chi connectivity index (χ1) is 12.5. The minimum Gasteiger partial charge on any atom is -0.487 e. The van der Waals surface area contributed by atoms with Gasteiger partial charge in [-0.2, -0.15) is 0 Å². The molecule has 0 aliphatic heterocycles. The number of ether oxygens (including phenoxy) is 1. The summed E-state index contributed by atoms with van der Waals surface area (Å²) < 4.78 is 5.98. The number of aryl methyl sites for hydroxylation is 1. The maximum absolute atomic E-state index is 6.37. The molecule has 3 aromatic carbocycles. The zero-order valence-corrected chi connectivity index (χ0v) is 16.5. The highest BCUT2D eigenvalue weighted by atomic mass is 35.5. The van der Waals surface area contributed by atoms with Crippen molar-refractivity contribution >= 4 is 40.5 Å². The van der Waals surface area contributed by atoms with Crippen molar-refractivity contribution < 1.29 is 4.74 Å². The first-order valence-corrected chi connectivity index (χ1v) is 9.30. The van der Waals surface area contributed by atoms with Gasteiger partial charge in [0.2, 0.25) is 0 Å². The van der Waals surface area contributed by atoms with Crippen LogP contribution in [-0.2, 0) is 13.2 Å². The highest BCUT2D eigenvalue weighted by Gasteiger charge is 2.11. The zero-order chi connectivity index (χ0) is 18.5. The zero-order valence-electron chi connectivity index (χ0n) is 14.2. The van der Waals surface area contributed by atoms with Crippen molar-refractivity contribution in [3.05, 3.63) is 92.4 Å². The van der Waals surface area contributed by atoms with Crippen molar-refractivity contribution in [2.24, 2.45) is 0 Å². The Morgan fingerprint density at radius 3 is 2.23 bits per heavy atom. The van der Waals surface area contributed by atoms with Crippen molar-refractivity contribution in [2.75, 3.05) is 5.32 Å². The molecule has 0 amide bonds. The summed E-state index contributed by atoms with van der Waals surface area (Å²) in [4.78, 5) is 0. The van der Waals surface area contributed by atoms with Gasteiger partial charge in [-0.1, -0.05) is 64.6 Å². The van der Waals surface area contributed by atoms with Gasteiger partial charge in [0, 0.05) is 27.8 Å². The second-order valence-electron chi connectivity index (χ2n) is 6.01. The predicted octanol–water partition coefficient (Wildman–Crippen LogP) is 7.15. The third-order valence-electron chi connectivity index (χ3n) is 3.92. The molecule has 5 heteroatoms. The van der Waals surface area contributed by atoms with E-state index in [0.717, 1.165) is 16.8 Å². The minimum absolute atomic E-state index is 0.399. The summed E-state index contributed by atoms with van der Waals surface area (Å²) in [5, 5.41) is 5.14. The van der Waals surface area contributed by atoms with Crippen molar-refractivity contribution in [3.8, 4) is 5.75 Å². The normalized spacial score (nSPS) is 10.6. The summed E-state index contributed by atoms with van der Waals surface area (Å²) in [6.07, 6.45) is 0. The van der Waals surface area contributed by atoms with Crippen molar-refractivity contribution in [1.82, 2.24) is 0 Å². The number of halogens is 3. The van der Waals surface area contributed by atoms with Crippen molar-refractivity contribution in [2.45, 2.75) is 20.1 Å². The van der Waals surface area contributed by atoms with Gasteiger partial charge < -0.3 is 10.1 Å². The van der Waals surface area contributed by atoms with Crippen LogP contribution in [0.4, 0.5) is 5.69 Å². The molecule has 0 atom stereocenters. The molecule has 0 saturated heterocycles. The fraction of sp³-hybridized carbons (Fsp3) is 0.143. The second-order valence-corrected chi connectivity index (χ2v) is 7.29. The Hall–Kier alpha value is -1.87. The average Bonchev–Trinajstić information content (AvgIpc) is 2.62. The standard InChI is InChI=1S/C21H18Cl3NO/c1-14-2-8-19(9-3-14)25-12-16-10-18(23)11-20(24)21(16)26-13-15-4-6-17(22)7-5-15/h2-11,25H,12-13H2,1H3. The Kier molecular flexibility index (Phi) is 6.31. The smallest absolute Gasteiger partial charge is 0.143 e. The fourth-order valence-electron chi connectivity index (χ4n) is 2.51. The van der Waals surface area contributed by atoms with Crippen LogP contribution < -0.4 is 10.1 Å². The minimum atomic E-state index is 0.399. The predicted molar refractivity (Wildman–Crippen MR) is 111 cm³/mol. The van der Waals surface area contributed by atoms with Gasteiger partial charge in [-0.3, -0.25) is 0 Å². The summed E-state index contributed by atoms with van der Waals surface area (Å²) in [7, 11) is 0. The van der Waals surface area contributed by atoms with E-state index < -0.39 is 0 Å². The van der Waals surface area contributed by atoms with E-state index in [4.69, 9.17) is 39.5 Å². The molecular weight excluding hydrogens is 389 g/mol. The Labute approximate surface area is 168 Å². The third kappa shape index (κ3) is 5.07. The van der Waals surface area contributed by atoms with Gasteiger partial charge in [-0.05, 0) is 48.9 Å². The molecule has 0 aromatic heterocycles. The lowest BCUT2D eigenvalue weighted by molar-refractivity contribution is 0.303. The molecule has 0 heterocycles. The first kappa shape index (κ1) is 18.9. The summed E-state index contributed by atoms with van der Waals surface area (Å²) in [5.41, 5.74) is 4.15. The number of hydrogen-bond donors (Lipinski definition) is 1. The van der Waals surface area contributed by atoms with Crippen LogP contribution >= 0.6 is 34.8 Å². The number of nitrogens with one attached hydrogen (secondary N) is 1. The molecule has 3 rings (SSSR count). The Bertz CT molecular complexity index is 877. The largest absolute Gasteiger partial charge is 0.487 e. The van der Waals surface area contributed by atoms with Crippen molar-refractivity contribution in [3.63, 3.8) is 0 Å². The summed E-state index contributed by atoms with van der Waals surface area (Å²) >= 11 is 18.5. The highest BCUT2D eigenvalue weighted by Crippen LogP contribution is 2.33. The fourth-order valence-corrected chi connectivity index (χ4v) is 3.23. The molecule has 1 N–H and O–H groups in total. The van der Waals surface area contributed by atoms with Crippen LogP contribution in [0, 0.1) is 6.92 Å². The maximum atomic E-state index is 6.37. The maximum Gasteiger partial charge on any atom is 0.143 e. The molecule has 0 unspecified atom stereocenters. The van der Waals surface area contributed by atoms with E-state index in [2.05, 4.69) is 24.4 Å². The Morgan fingerprint density at radius 2 is 1.54 bits per heavy atom. The molecule has 0 spiro atoms. The molecule has 3 aromatic rings. The number of rotatable bonds is 6. The molecule has 0 saturated carbocycles. The summed E-state index contributed by atoms with van der Waals surface area (Å²) in [6.45, 7) is 3.01. The highest BCUT2D eigenvalue weighted by molar-refractivity contribution is 6.35. The number of anilines is 1. The van der Waals surface area contributed by atoms with Gasteiger partial charge in [0.05, 0.1) is 5.02 Å². The average molecular weight is 407 g/mol. The molecule has 0 bridgehead atoms.